The fourth-order valence-corrected chi connectivity index (χ4v) is 1.86. The maximum atomic E-state index is 13.4. The molecule has 0 atom stereocenters. The highest BCUT2D eigenvalue weighted by Crippen LogP contribution is 2.34. The van der Waals surface area contributed by atoms with Crippen LogP contribution in [-0.2, 0) is 15.7 Å². The van der Waals surface area contributed by atoms with Crippen molar-refractivity contribution in [3.05, 3.63) is 65.5 Å². The molecule has 0 fully saturated rings. The van der Waals surface area contributed by atoms with Crippen molar-refractivity contribution in [2.45, 2.75) is 6.18 Å². The number of benzene rings is 2. The zero-order chi connectivity index (χ0) is 17.7. The minimum atomic E-state index is -4.65. The molecule has 2 aromatic carbocycles. The summed E-state index contributed by atoms with van der Waals surface area (Å²) in [6.45, 7) is -0.848. The molecule has 2 aromatic rings. The van der Waals surface area contributed by atoms with Crippen LogP contribution in [-0.4, -0.2) is 18.5 Å². The Hall–Kier alpha value is -2.90. The first kappa shape index (κ1) is 17.5. The van der Waals surface area contributed by atoms with E-state index in [-0.39, 0.29) is 5.56 Å². The van der Waals surface area contributed by atoms with Crippen molar-refractivity contribution >= 4 is 17.6 Å². The third-order valence-corrected chi connectivity index (χ3v) is 2.93. The number of anilines is 1. The second kappa shape index (κ2) is 7.12. The number of amides is 1. The lowest BCUT2D eigenvalue weighted by Gasteiger charge is -2.13. The lowest BCUT2D eigenvalue weighted by atomic mass is 10.1. The van der Waals surface area contributed by atoms with Gasteiger partial charge in [0, 0.05) is 0 Å². The second-order valence-electron chi connectivity index (χ2n) is 4.65. The van der Waals surface area contributed by atoms with E-state index < -0.39 is 41.7 Å². The van der Waals surface area contributed by atoms with Crippen molar-refractivity contribution < 1.29 is 31.9 Å². The third-order valence-electron chi connectivity index (χ3n) is 2.93. The molecule has 0 spiro atoms. The average Bonchev–Trinajstić information content (AvgIpc) is 2.52. The number of carbonyl (C=O) groups is 2. The summed E-state index contributed by atoms with van der Waals surface area (Å²) in [5.41, 5.74) is -1.86. The van der Waals surface area contributed by atoms with E-state index in [1.165, 1.54) is 24.3 Å². The molecule has 1 N–H and O–H groups in total. The topological polar surface area (TPSA) is 55.4 Å². The van der Waals surface area contributed by atoms with Gasteiger partial charge in [-0.15, -0.1) is 0 Å². The van der Waals surface area contributed by atoms with Crippen LogP contribution in [0.2, 0.25) is 0 Å². The van der Waals surface area contributed by atoms with Crippen LogP contribution in [0.15, 0.2) is 48.5 Å². The monoisotopic (exact) mass is 341 g/mol. The molecule has 0 saturated heterocycles. The fraction of sp³-hybridized carbons (Fsp3) is 0.125. The molecular weight excluding hydrogens is 330 g/mol. The molecule has 126 valence electrons. The van der Waals surface area contributed by atoms with Crippen LogP contribution < -0.4 is 5.32 Å². The van der Waals surface area contributed by atoms with Gasteiger partial charge < -0.3 is 10.1 Å². The molecule has 0 aromatic heterocycles. The Labute approximate surface area is 134 Å². The molecule has 24 heavy (non-hydrogen) atoms. The molecule has 1 amide bonds. The number of ether oxygens (including phenoxy) is 1. The van der Waals surface area contributed by atoms with Crippen LogP contribution in [0.25, 0.3) is 0 Å². The summed E-state index contributed by atoms with van der Waals surface area (Å²) in [5, 5.41) is 2.01. The predicted octanol–water partition coefficient (Wildman–Crippen LogP) is 3.64. The molecule has 0 unspecified atom stereocenters. The summed E-state index contributed by atoms with van der Waals surface area (Å²) in [4.78, 5) is 23.3. The van der Waals surface area contributed by atoms with Crippen LogP contribution in [0.3, 0.4) is 0 Å². The number of halogens is 4. The zero-order valence-electron chi connectivity index (χ0n) is 12.1. The largest absolute Gasteiger partial charge is 0.452 e. The molecule has 0 heterocycles. The first-order valence-corrected chi connectivity index (χ1v) is 6.67. The minimum absolute atomic E-state index is 0.374. The first-order valence-electron chi connectivity index (χ1n) is 6.67. The van der Waals surface area contributed by atoms with E-state index in [0.29, 0.717) is 0 Å². The van der Waals surface area contributed by atoms with Crippen LogP contribution in [0.4, 0.5) is 23.2 Å². The number of nitrogens with one attached hydrogen (secondary N) is 1. The van der Waals surface area contributed by atoms with Gasteiger partial charge in [0.25, 0.3) is 5.91 Å². The molecule has 0 aliphatic rings. The first-order chi connectivity index (χ1) is 11.3. The number of hydrogen-bond acceptors (Lipinski definition) is 3. The maximum Gasteiger partial charge on any atom is 0.418 e. The summed E-state index contributed by atoms with van der Waals surface area (Å²) in [6, 6.07) is 9.34. The van der Waals surface area contributed by atoms with Crippen molar-refractivity contribution in [2.24, 2.45) is 0 Å². The second-order valence-corrected chi connectivity index (χ2v) is 4.65. The van der Waals surface area contributed by atoms with E-state index in [1.807, 2.05) is 5.32 Å². The number of para-hydroxylation sites is 1. The Kier molecular flexibility index (Phi) is 5.18. The van der Waals surface area contributed by atoms with Crippen molar-refractivity contribution in [1.82, 2.24) is 0 Å². The Balaban J connectivity index is 2.00. The highest BCUT2D eigenvalue weighted by Gasteiger charge is 2.33. The summed E-state index contributed by atoms with van der Waals surface area (Å²) in [7, 11) is 0. The van der Waals surface area contributed by atoms with Crippen LogP contribution in [0, 0.1) is 5.82 Å². The number of alkyl halides is 3. The Bertz CT molecular complexity index is 759. The van der Waals surface area contributed by atoms with E-state index in [0.717, 1.165) is 24.3 Å². The van der Waals surface area contributed by atoms with Crippen LogP contribution in [0.1, 0.15) is 15.9 Å². The van der Waals surface area contributed by atoms with E-state index in [4.69, 9.17) is 0 Å². The number of rotatable bonds is 4. The van der Waals surface area contributed by atoms with Crippen molar-refractivity contribution in [2.75, 3.05) is 11.9 Å². The van der Waals surface area contributed by atoms with Crippen molar-refractivity contribution in [3.8, 4) is 0 Å². The summed E-state index contributed by atoms with van der Waals surface area (Å²) < 4.78 is 56.4. The third kappa shape index (κ3) is 4.31. The lowest BCUT2D eigenvalue weighted by Crippen LogP contribution is -2.23. The van der Waals surface area contributed by atoms with Crippen LogP contribution in [0.5, 0.6) is 0 Å². The van der Waals surface area contributed by atoms with Gasteiger partial charge in [-0.25, -0.2) is 9.18 Å². The van der Waals surface area contributed by atoms with Gasteiger partial charge in [0.15, 0.2) is 6.61 Å². The molecule has 0 aliphatic heterocycles. The molecule has 4 nitrogen and oxygen atoms in total. The van der Waals surface area contributed by atoms with E-state index in [1.54, 1.807) is 0 Å². The van der Waals surface area contributed by atoms with Gasteiger partial charge in [-0.05, 0) is 24.3 Å². The van der Waals surface area contributed by atoms with Gasteiger partial charge in [0.1, 0.15) is 5.82 Å². The van der Waals surface area contributed by atoms with Crippen LogP contribution >= 0.6 is 0 Å². The normalized spacial score (nSPS) is 11.0. The highest BCUT2D eigenvalue weighted by molar-refractivity contribution is 5.96. The van der Waals surface area contributed by atoms with Gasteiger partial charge in [-0.2, -0.15) is 13.2 Å². The van der Waals surface area contributed by atoms with E-state index in [9.17, 15) is 27.2 Å². The van der Waals surface area contributed by atoms with Gasteiger partial charge in [-0.1, -0.05) is 24.3 Å². The zero-order valence-corrected chi connectivity index (χ0v) is 12.1. The number of carbonyl (C=O) groups excluding carboxylic acids is 2. The molecule has 0 saturated carbocycles. The number of hydrogen-bond donors (Lipinski definition) is 1. The Morgan fingerprint density at radius 2 is 1.62 bits per heavy atom. The van der Waals surface area contributed by atoms with Gasteiger partial charge in [-0.3, -0.25) is 4.79 Å². The molecule has 8 heteroatoms. The molecule has 2 rings (SSSR count). The average molecular weight is 341 g/mol. The predicted molar refractivity (Wildman–Crippen MR) is 76.8 cm³/mol. The van der Waals surface area contributed by atoms with E-state index >= 15 is 0 Å². The van der Waals surface area contributed by atoms with E-state index in [2.05, 4.69) is 4.74 Å². The van der Waals surface area contributed by atoms with Crippen molar-refractivity contribution in [1.29, 1.82) is 0 Å². The highest BCUT2D eigenvalue weighted by atomic mass is 19.4. The van der Waals surface area contributed by atoms with Crippen molar-refractivity contribution in [3.63, 3.8) is 0 Å². The molecular formula is C16H11F4NO3. The van der Waals surface area contributed by atoms with Gasteiger partial charge in [0.05, 0.1) is 16.8 Å². The smallest absolute Gasteiger partial charge is 0.418 e. The lowest BCUT2D eigenvalue weighted by molar-refractivity contribution is -0.137. The quantitative estimate of drug-likeness (QED) is 0.682. The fourth-order valence-electron chi connectivity index (χ4n) is 1.86. The number of esters is 1. The summed E-state index contributed by atoms with van der Waals surface area (Å²) >= 11 is 0. The standard InChI is InChI=1S/C16H11F4NO3/c17-12-7-3-1-5-10(12)15(23)24-9-14(22)21-13-8-4-2-6-11(13)16(18,19)20/h1-8H,9H2,(H,21,22). The van der Waals surface area contributed by atoms with Gasteiger partial charge >= 0.3 is 12.1 Å². The summed E-state index contributed by atoms with van der Waals surface area (Å²) in [5.74, 6) is -2.89. The molecule has 0 aliphatic carbocycles. The molecule has 0 radical (unpaired) electrons. The maximum absolute atomic E-state index is 13.4. The van der Waals surface area contributed by atoms with Gasteiger partial charge in [0.2, 0.25) is 0 Å². The summed E-state index contributed by atoms with van der Waals surface area (Å²) in [6.07, 6.45) is -4.65. The Morgan fingerprint density at radius 1 is 1.00 bits per heavy atom. The minimum Gasteiger partial charge on any atom is -0.452 e. The molecule has 0 bridgehead atoms. The Morgan fingerprint density at radius 3 is 2.29 bits per heavy atom. The SMILES string of the molecule is O=C(COC(=O)c1ccccc1F)Nc1ccccc1C(F)(F)F.